The molecule has 0 amide bonds. The predicted molar refractivity (Wildman–Crippen MR) is 181 cm³/mol. The van der Waals surface area contributed by atoms with Gasteiger partial charge in [0.1, 0.15) is 6.10 Å². The van der Waals surface area contributed by atoms with Crippen LogP contribution in [0.4, 0.5) is 0 Å². The molecule has 0 aromatic carbocycles. The van der Waals surface area contributed by atoms with Gasteiger partial charge in [-0.05, 0) is 64.5 Å². The van der Waals surface area contributed by atoms with Crippen LogP contribution >= 0.6 is 0 Å². The maximum Gasteiger partial charge on any atom is 0.306 e. The summed E-state index contributed by atoms with van der Waals surface area (Å²) in [6.45, 7) is 9.76. The Balaban J connectivity index is 4.08. The maximum atomic E-state index is 12.6. The van der Waals surface area contributed by atoms with Gasteiger partial charge in [0.2, 0.25) is 0 Å². The van der Waals surface area contributed by atoms with E-state index in [-0.39, 0.29) is 24.6 Å². The van der Waals surface area contributed by atoms with E-state index in [1.165, 1.54) is 89.9 Å². The molecule has 6 heteroatoms. The molecule has 0 bridgehead atoms. The molecule has 256 valence electrons. The molecule has 0 heterocycles. The van der Waals surface area contributed by atoms with Gasteiger partial charge in [-0.2, -0.15) is 0 Å². The van der Waals surface area contributed by atoms with Crippen molar-refractivity contribution < 1.29 is 24.2 Å². The van der Waals surface area contributed by atoms with Crippen LogP contribution in [0.3, 0.4) is 0 Å². The van der Waals surface area contributed by atoms with Gasteiger partial charge in [-0.25, -0.2) is 0 Å². The van der Waals surface area contributed by atoms with E-state index in [9.17, 15) is 14.7 Å². The average molecular weight is 612 g/mol. The molecule has 0 radical (unpaired) electrons. The van der Waals surface area contributed by atoms with E-state index in [2.05, 4.69) is 25.7 Å². The lowest BCUT2D eigenvalue weighted by Gasteiger charge is -2.21. The van der Waals surface area contributed by atoms with Crippen LogP contribution in [0.25, 0.3) is 0 Å². The Bertz CT molecular complexity index is 584. The van der Waals surface area contributed by atoms with Crippen LogP contribution in [0.1, 0.15) is 188 Å². The minimum atomic E-state index is -0.102. The van der Waals surface area contributed by atoms with Gasteiger partial charge in [-0.1, -0.05) is 124 Å². The van der Waals surface area contributed by atoms with Crippen molar-refractivity contribution >= 4 is 11.9 Å². The first kappa shape index (κ1) is 41.9. The van der Waals surface area contributed by atoms with E-state index in [4.69, 9.17) is 9.47 Å². The molecule has 6 nitrogen and oxygen atoms in total. The minimum Gasteiger partial charge on any atom is -0.466 e. The molecule has 0 aromatic heterocycles. The first-order chi connectivity index (χ1) is 21.1. The van der Waals surface area contributed by atoms with Crippen molar-refractivity contribution in [1.82, 2.24) is 4.90 Å². The molecule has 0 aromatic rings. The Hall–Kier alpha value is -1.14. The number of ether oxygens (including phenoxy) is 2. The molecule has 1 N–H and O–H groups in total. The van der Waals surface area contributed by atoms with Gasteiger partial charge in [0.15, 0.2) is 0 Å². The average Bonchev–Trinajstić information content (AvgIpc) is 2.99. The van der Waals surface area contributed by atoms with Crippen molar-refractivity contribution in [3.63, 3.8) is 0 Å². The highest BCUT2D eigenvalue weighted by molar-refractivity contribution is 5.69. The lowest BCUT2D eigenvalue weighted by atomic mass is 10.0. The standard InChI is InChI=1S/C37H73NO5/c1-4-7-10-13-16-20-26-35(27-21-17-14-11-8-5-2)43-37(41)28-22-18-15-19-23-30-38(32-33-39)31-25-29-36(40)42-34-24-12-9-6-3/h35,39H,4-34H2,1-3H3. The zero-order chi connectivity index (χ0) is 31.6. The molecular formula is C37H73NO5. The van der Waals surface area contributed by atoms with Gasteiger partial charge in [-0.3, -0.25) is 9.59 Å². The molecule has 0 saturated carbocycles. The molecule has 0 unspecified atom stereocenters. The molecule has 0 aliphatic rings. The summed E-state index contributed by atoms with van der Waals surface area (Å²) in [6, 6.07) is 0. The number of hydrogen-bond acceptors (Lipinski definition) is 6. The highest BCUT2D eigenvalue weighted by Gasteiger charge is 2.14. The van der Waals surface area contributed by atoms with Crippen molar-refractivity contribution in [2.24, 2.45) is 0 Å². The van der Waals surface area contributed by atoms with Crippen molar-refractivity contribution in [3.05, 3.63) is 0 Å². The molecule has 0 fully saturated rings. The molecule has 0 spiro atoms. The second-order valence-electron chi connectivity index (χ2n) is 12.7. The highest BCUT2D eigenvalue weighted by atomic mass is 16.5. The monoisotopic (exact) mass is 612 g/mol. The van der Waals surface area contributed by atoms with Crippen LogP contribution < -0.4 is 0 Å². The van der Waals surface area contributed by atoms with Crippen LogP contribution in [0, 0.1) is 0 Å². The highest BCUT2D eigenvalue weighted by Crippen LogP contribution is 2.18. The van der Waals surface area contributed by atoms with Gasteiger partial charge in [0.25, 0.3) is 0 Å². The van der Waals surface area contributed by atoms with E-state index < -0.39 is 0 Å². The summed E-state index contributed by atoms with van der Waals surface area (Å²) >= 11 is 0. The number of carbonyl (C=O) groups excluding carboxylic acids is 2. The molecular weight excluding hydrogens is 538 g/mol. The van der Waals surface area contributed by atoms with Crippen molar-refractivity contribution in [2.45, 2.75) is 194 Å². The van der Waals surface area contributed by atoms with Crippen LogP contribution in [-0.4, -0.2) is 60.9 Å². The fourth-order valence-corrected chi connectivity index (χ4v) is 5.66. The summed E-state index contributed by atoms with van der Waals surface area (Å²) in [5, 5.41) is 9.42. The Morgan fingerprint density at radius 3 is 1.58 bits per heavy atom. The summed E-state index contributed by atoms with van der Waals surface area (Å²) in [4.78, 5) is 26.8. The van der Waals surface area contributed by atoms with E-state index in [1.807, 2.05) is 0 Å². The number of carbonyl (C=O) groups is 2. The Morgan fingerprint density at radius 2 is 1.00 bits per heavy atom. The number of rotatable bonds is 34. The van der Waals surface area contributed by atoms with Crippen molar-refractivity contribution in [1.29, 1.82) is 0 Å². The number of nitrogens with zero attached hydrogens (tertiary/aromatic N) is 1. The van der Waals surface area contributed by atoms with E-state index in [1.54, 1.807) is 0 Å². The smallest absolute Gasteiger partial charge is 0.306 e. The third-order valence-electron chi connectivity index (χ3n) is 8.45. The molecule has 0 saturated heterocycles. The number of hydrogen-bond donors (Lipinski definition) is 1. The summed E-state index contributed by atoms with van der Waals surface area (Å²) in [5.74, 6) is -0.106. The zero-order valence-electron chi connectivity index (χ0n) is 29.0. The lowest BCUT2D eigenvalue weighted by molar-refractivity contribution is -0.150. The fraction of sp³-hybridized carbons (Fsp3) is 0.946. The van der Waals surface area contributed by atoms with Crippen LogP contribution in [0.2, 0.25) is 0 Å². The normalized spacial score (nSPS) is 11.5. The number of esters is 2. The lowest BCUT2D eigenvalue weighted by Crippen LogP contribution is -2.29. The Kier molecular flexibility index (Phi) is 32.9. The maximum absolute atomic E-state index is 12.6. The Labute approximate surface area is 267 Å². The van der Waals surface area contributed by atoms with Crippen LogP contribution in [0.15, 0.2) is 0 Å². The summed E-state index contributed by atoms with van der Waals surface area (Å²) in [7, 11) is 0. The van der Waals surface area contributed by atoms with Crippen LogP contribution in [-0.2, 0) is 19.1 Å². The van der Waals surface area contributed by atoms with Crippen molar-refractivity contribution in [2.75, 3.05) is 32.8 Å². The van der Waals surface area contributed by atoms with E-state index in [0.717, 1.165) is 77.3 Å². The second kappa shape index (κ2) is 33.7. The van der Waals surface area contributed by atoms with Gasteiger partial charge in [-0.15, -0.1) is 0 Å². The fourth-order valence-electron chi connectivity index (χ4n) is 5.66. The summed E-state index contributed by atoms with van der Waals surface area (Å²) < 4.78 is 11.3. The molecule has 0 atom stereocenters. The molecule has 0 rings (SSSR count). The SMILES string of the molecule is CCCCCCCCC(CCCCCCCC)OC(=O)CCCCCCCN(CCO)CCCC(=O)OCCCCCC. The van der Waals surface area contributed by atoms with Gasteiger partial charge >= 0.3 is 11.9 Å². The second-order valence-corrected chi connectivity index (χ2v) is 12.7. The van der Waals surface area contributed by atoms with Crippen LogP contribution in [0.5, 0.6) is 0 Å². The van der Waals surface area contributed by atoms with Gasteiger partial charge < -0.3 is 19.5 Å². The molecule has 0 aliphatic carbocycles. The quantitative estimate of drug-likeness (QED) is 0.0576. The largest absolute Gasteiger partial charge is 0.466 e. The van der Waals surface area contributed by atoms with E-state index >= 15 is 0 Å². The number of aliphatic hydroxyl groups is 1. The third kappa shape index (κ3) is 30.7. The van der Waals surface area contributed by atoms with Gasteiger partial charge in [0, 0.05) is 19.4 Å². The zero-order valence-corrected chi connectivity index (χ0v) is 29.0. The first-order valence-corrected chi connectivity index (χ1v) is 18.8. The first-order valence-electron chi connectivity index (χ1n) is 18.8. The van der Waals surface area contributed by atoms with Gasteiger partial charge in [0.05, 0.1) is 13.2 Å². The minimum absolute atomic E-state index is 0.00410. The van der Waals surface area contributed by atoms with Crippen molar-refractivity contribution in [3.8, 4) is 0 Å². The molecule has 43 heavy (non-hydrogen) atoms. The summed E-state index contributed by atoms with van der Waals surface area (Å²) in [5.41, 5.74) is 0. The molecule has 0 aliphatic heterocycles. The number of aliphatic hydroxyl groups excluding tert-OH is 1. The van der Waals surface area contributed by atoms with E-state index in [0.29, 0.717) is 26.0 Å². The predicted octanol–water partition coefficient (Wildman–Crippen LogP) is 9.94. The summed E-state index contributed by atoms with van der Waals surface area (Å²) in [6.07, 6.45) is 29.0. The Morgan fingerprint density at radius 1 is 0.535 bits per heavy atom. The third-order valence-corrected chi connectivity index (χ3v) is 8.45. The topological polar surface area (TPSA) is 76.1 Å². The number of unbranched alkanes of at least 4 members (excludes halogenated alkanes) is 17.